The standard InChI is InChI=1S/C37H27N5O.Pt/c1-25-20-37(39-23-31(25)32-13-7-8-19-38-32)42-33-14-4-3-12-29(33)30-18-17-28(22-36(30)42)43-27-11-9-10-26(21-27)41-24-40(2)34-15-5-6-16-35(34)41;/h3-23H,1-2H3;. The van der Waals surface area contributed by atoms with Crippen LogP contribution in [0.4, 0.5) is 0 Å². The van der Waals surface area contributed by atoms with Gasteiger partial charge in [0.2, 0.25) is 0 Å². The number of nitrogens with zero attached hydrogens (tertiary/aromatic N) is 5. The molecule has 4 aromatic carbocycles. The minimum absolute atomic E-state index is 0.762. The minimum Gasteiger partial charge on any atom is -0.256 e. The van der Waals surface area contributed by atoms with Crippen molar-refractivity contribution in [2.24, 2.45) is 7.05 Å². The molecule has 8 aromatic rings. The fourth-order valence-corrected chi connectivity index (χ4v) is 6.89. The van der Waals surface area contributed by atoms with Crippen molar-refractivity contribution in [2.45, 2.75) is 6.92 Å². The fraction of sp³-hybridized carbons (Fsp3) is 0.0541. The second-order valence-electron chi connectivity index (χ2n) is 10.8. The van der Waals surface area contributed by atoms with Gasteiger partial charge in [0.25, 0.3) is 0 Å². The molecular weight excluding hydrogens is 726 g/mol. The summed E-state index contributed by atoms with van der Waals surface area (Å²) in [6, 6.07) is 39.5. The van der Waals surface area contributed by atoms with E-state index in [-0.39, 0.29) is 0 Å². The molecule has 0 unspecified atom stereocenters. The van der Waals surface area contributed by atoms with Crippen LogP contribution in [-0.2, 0) is 26.4 Å². The first-order valence-corrected chi connectivity index (χ1v) is 15.5. The minimum atomic E-state index is 0.762. The number of imidazole rings is 1. The molecule has 0 saturated heterocycles. The van der Waals surface area contributed by atoms with Crippen LogP contribution in [0.3, 0.4) is 0 Å². The van der Waals surface area contributed by atoms with E-state index in [0.29, 0.717) is 0 Å². The monoisotopic (exact) mass is 752 g/mol. The molecule has 0 atom stereocenters. The van der Waals surface area contributed by atoms with E-state index < -0.39 is 0 Å². The van der Waals surface area contributed by atoms with Crippen molar-refractivity contribution in [1.82, 2.24) is 23.7 Å². The molecule has 0 saturated carbocycles. The smallest absolute Gasteiger partial charge is 0.256 e. The van der Waals surface area contributed by atoms with Crippen LogP contribution in [0.1, 0.15) is 5.56 Å². The maximum atomic E-state index is 6.53. The van der Waals surface area contributed by atoms with Crippen LogP contribution in [-0.4, -0.2) is 23.7 Å². The molecule has 0 aliphatic carbocycles. The van der Waals surface area contributed by atoms with Crippen LogP contribution in [0.5, 0.6) is 11.5 Å². The van der Waals surface area contributed by atoms with E-state index in [1.807, 2.05) is 48.8 Å². The van der Waals surface area contributed by atoms with Gasteiger partial charge in [0.05, 0.1) is 5.69 Å². The Kier molecular flexibility index (Phi) is 6.39. The number of fused-ring (bicyclic) bond motifs is 4. The van der Waals surface area contributed by atoms with E-state index >= 15 is 0 Å². The zero-order chi connectivity index (χ0) is 29.8. The zero-order valence-electron chi connectivity index (χ0n) is 24.1. The fourth-order valence-electron chi connectivity index (χ4n) is 6.04. The number of para-hydroxylation sites is 3. The molecule has 7 heteroatoms. The van der Waals surface area contributed by atoms with Gasteiger partial charge in [0, 0.05) is 18.0 Å². The van der Waals surface area contributed by atoms with Crippen molar-refractivity contribution in [3.63, 3.8) is 0 Å². The molecular formula is C37H27N5OPt. The Labute approximate surface area is 264 Å². The molecule has 4 aromatic heterocycles. The number of aryl methyl sites for hydroxylation is 2. The number of aromatic nitrogens is 5. The summed E-state index contributed by atoms with van der Waals surface area (Å²) in [5, 5.41) is 2.32. The van der Waals surface area contributed by atoms with Crippen LogP contribution in [0.25, 0.3) is 55.6 Å². The van der Waals surface area contributed by atoms with Gasteiger partial charge in [0.15, 0.2) is 0 Å². The zero-order valence-corrected chi connectivity index (χ0v) is 26.4. The molecule has 8 rings (SSSR count). The number of benzene rings is 4. The SMILES string of the molecule is Cc1cc(-n2c3ccccc3c3ccc(Oc4cccc(-n5[c](=[Pt])n(C)c6ccccc65)c4)cc32)ncc1-c1ccccn1. The number of ether oxygens (including phenoxy) is 1. The van der Waals surface area contributed by atoms with E-state index in [4.69, 9.17) is 9.72 Å². The molecule has 0 bridgehead atoms. The quantitative estimate of drug-likeness (QED) is 0.177. The summed E-state index contributed by atoms with van der Waals surface area (Å²) < 4.78 is 14.3. The Morgan fingerprint density at radius 1 is 0.636 bits per heavy atom. The summed E-state index contributed by atoms with van der Waals surface area (Å²) in [6.07, 6.45) is 3.74. The van der Waals surface area contributed by atoms with Crippen molar-refractivity contribution in [1.29, 1.82) is 0 Å². The predicted octanol–water partition coefficient (Wildman–Crippen LogP) is 8.70. The van der Waals surface area contributed by atoms with Gasteiger partial charge in [-0.3, -0.25) is 4.98 Å². The van der Waals surface area contributed by atoms with Crippen molar-refractivity contribution in [2.75, 3.05) is 0 Å². The van der Waals surface area contributed by atoms with E-state index in [9.17, 15) is 0 Å². The Morgan fingerprint density at radius 3 is 2.20 bits per heavy atom. The first kappa shape index (κ1) is 26.6. The summed E-state index contributed by atoms with van der Waals surface area (Å²) in [6.45, 7) is 2.11. The van der Waals surface area contributed by atoms with E-state index in [1.165, 1.54) is 10.9 Å². The molecule has 0 aliphatic heterocycles. The van der Waals surface area contributed by atoms with Crippen molar-refractivity contribution in [3.8, 4) is 34.3 Å². The molecule has 4 heterocycles. The molecule has 216 valence electrons. The topological polar surface area (TPSA) is 49.8 Å². The number of pyridine rings is 2. The molecule has 6 nitrogen and oxygen atoms in total. The van der Waals surface area contributed by atoms with Gasteiger partial charge >= 0.3 is 194 Å². The Hall–Kier alpha value is -5.06. The van der Waals surface area contributed by atoms with Crippen molar-refractivity contribution >= 4 is 32.8 Å². The Balaban J connectivity index is 1.22. The van der Waals surface area contributed by atoms with Gasteiger partial charge in [-0.1, -0.05) is 18.2 Å². The van der Waals surface area contributed by atoms with Crippen LogP contribution in [0, 0.1) is 10.7 Å². The van der Waals surface area contributed by atoms with Gasteiger partial charge in [0.1, 0.15) is 0 Å². The summed E-state index contributed by atoms with van der Waals surface area (Å²) in [7, 11) is 2.10. The first-order valence-electron chi connectivity index (χ1n) is 14.4. The second kappa shape index (κ2) is 10.6. The van der Waals surface area contributed by atoms with Crippen LogP contribution < -0.4 is 4.74 Å². The molecule has 0 aliphatic rings. The van der Waals surface area contributed by atoms with Gasteiger partial charge in [-0.2, -0.15) is 0 Å². The van der Waals surface area contributed by atoms with Gasteiger partial charge in [-0.05, 0) is 24.6 Å². The number of rotatable bonds is 5. The van der Waals surface area contributed by atoms with Crippen LogP contribution in [0.15, 0.2) is 128 Å². The second-order valence-corrected chi connectivity index (χ2v) is 11.8. The first-order chi connectivity index (χ1) is 21.6. The van der Waals surface area contributed by atoms with E-state index in [2.05, 4.69) is 131 Å². The van der Waals surface area contributed by atoms with Gasteiger partial charge in [-0.25, -0.2) is 0 Å². The molecule has 0 fully saturated rings. The van der Waals surface area contributed by atoms with E-state index in [0.717, 1.165) is 65.6 Å². The Bertz CT molecular complexity index is 2420. The predicted molar refractivity (Wildman–Crippen MR) is 172 cm³/mol. The van der Waals surface area contributed by atoms with Crippen molar-refractivity contribution < 1.29 is 24.1 Å². The van der Waals surface area contributed by atoms with E-state index in [1.54, 1.807) is 0 Å². The molecule has 0 N–H and O–H groups in total. The average Bonchev–Trinajstić information content (AvgIpc) is 3.52. The van der Waals surface area contributed by atoms with Crippen LogP contribution in [0.2, 0.25) is 0 Å². The Morgan fingerprint density at radius 2 is 1.39 bits per heavy atom. The maximum absolute atomic E-state index is 6.53. The molecule has 0 radical (unpaired) electrons. The third-order valence-electron chi connectivity index (χ3n) is 8.13. The third kappa shape index (κ3) is 4.33. The van der Waals surface area contributed by atoms with Crippen LogP contribution >= 0.6 is 0 Å². The summed E-state index contributed by atoms with van der Waals surface area (Å²) in [5.74, 6) is 2.39. The molecule has 0 spiro atoms. The van der Waals surface area contributed by atoms with Gasteiger partial charge in [-0.15, -0.1) is 0 Å². The third-order valence-corrected chi connectivity index (χ3v) is 9.40. The summed E-state index contributed by atoms with van der Waals surface area (Å²) in [5.41, 5.74) is 8.57. The molecule has 44 heavy (non-hydrogen) atoms. The molecule has 0 amide bonds. The van der Waals surface area contributed by atoms with Crippen molar-refractivity contribution in [3.05, 3.63) is 137 Å². The number of hydrogen-bond donors (Lipinski definition) is 0. The number of hydrogen-bond acceptors (Lipinski definition) is 3. The van der Waals surface area contributed by atoms with Gasteiger partial charge < -0.3 is 0 Å². The summed E-state index contributed by atoms with van der Waals surface area (Å²) in [4.78, 5) is 9.46. The normalized spacial score (nSPS) is 11.5. The summed E-state index contributed by atoms with van der Waals surface area (Å²) >= 11 is 2.38. The average molecular weight is 753 g/mol.